The quantitative estimate of drug-likeness (QED) is 0.420. The number of benzene rings is 1. The normalized spacial score (nSPS) is 16.0. The Bertz CT molecular complexity index is 459. The molecule has 0 radical (unpaired) electrons. The lowest BCUT2D eigenvalue weighted by Crippen LogP contribution is -2.32. The first-order chi connectivity index (χ1) is 10.3. The molecule has 22 heavy (non-hydrogen) atoms. The summed E-state index contributed by atoms with van der Waals surface area (Å²) in [5.41, 5.74) is 6.93. The van der Waals surface area contributed by atoms with Crippen LogP contribution in [0.3, 0.4) is 0 Å². The van der Waals surface area contributed by atoms with Crippen LogP contribution in [0.15, 0.2) is 29.3 Å². The second kappa shape index (κ2) is 10.7. The molecule has 124 valence electrons. The number of halogens is 1. The average Bonchev–Trinajstić information content (AvgIpc) is 2.52. The van der Waals surface area contributed by atoms with Crippen molar-refractivity contribution >= 4 is 29.9 Å². The van der Waals surface area contributed by atoms with E-state index in [2.05, 4.69) is 29.4 Å². The smallest absolute Gasteiger partial charge is 0.188 e. The maximum atomic E-state index is 6.07. The standard InChI is InChI=1S/C17H27N3O.HI/c1-2-11-19-17(18)20-13-14-7-6-10-16(12-14)21-15-8-4-3-5-9-15;/h6-7,10,12,15H,2-5,8-9,11,13H2,1H3,(H3,18,19,20);1H. The van der Waals surface area contributed by atoms with Crippen molar-refractivity contribution in [3.05, 3.63) is 29.8 Å². The molecule has 0 heterocycles. The highest BCUT2D eigenvalue weighted by Crippen LogP contribution is 2.24. The number of hydrogen-bond acceptors (Lipinski definition) is 2. The largest absolute Gasteiger partial charge is 0.490 e. The van der Waals surface area contributed by atoms with E-state index in [1.54, 1.807) is 0 Å². The summed E-state index contributed by atoms with van der Waals surface area (Å²) in [6.07, 6.45) is 7.70. The molecule has 1 aromatic rings. The lowest BCUT2D eigenvalue weighted by Gasteiger charge is -2.23. The van der Waals surface area contributed by atoms with Gasteiger partial charge in [0.2, 0.25) is 0 Å². The number of rotatable bonds is 6. The molecular weight excluding hydrogens is 389 g/mol. The predicted octanol–water partition coefficient (Wildman–Crippen LogP) is 3.83. The van der Waals surface area contributed by atoms with Crippen LogP contribution in [-0.4, -0.2) is 18.6 Å². The third kappa shape index (κ3) is 6.85. The van der Waals surface area contributed by atoms with Crippen LogP contribution in [-0.2, 0) is 6.54 Å². The van der Waals surface area contributed by atoms with E-state index in [9.17, 15) is 0 Å². The van der Waals surface area contributed by atoms with Gasteiger partial charge >= 0.3 is 0 Å². The SMILES string of the molecule is CCCNC(N)=NCc1cccc(OC2CCCCC2)c1.I. The number of nitrogens with zero attached hydrogens (tertiary/aromatic N) is 1. The van der Waals surface area contributed by atoms with Crippen LogP contribution in [0.5, 0.6) is 5.75 Å². The number of ether oxygens (including phenoxy) is 1. The Morgan fingerprint density at radius 2 is 2.09 bits per heavy atom. The second-order valence-corrected chi connectivity index (χ2v) is 5.65. The molecule has 1 fully saturated rings. The van der Waals surface area contributed by atoms with Crippen molar-refractivity contribution in [2.45, 2.75) is 58.1 Å². The first-order valence-electron chi connectivity index (χ1n) is 8.07. The van der Waals surface area contributed by atoms with Crippen molar-refractivity contribution in [1.29, 1.82) is 0 Å². The molecule has 0 saturated heterocycles. The van der Waals surface area contributed by atoms with E-state index in [1.807, 2.05) is 12.1 Å². The molecule has 3 N–H and O–H groups in total. The first-order valence-corrected chi connectivity index (χ1v) is 8.07. The molecule has 0 amide bonds. The summed E-state index contributed by atoms with van der Waals surface area (Å²) in [6, 6.07) is 8.19. The molecule has 0 aliphatic heterocycles. The van der Waals surface area contributed by atoms with Crippen LogP contribution in [0.1, 0.15) is 51.0 Å². The fraction of sp³-hybridized carbons (Fsp3) is 0.588. The van der Waals surface area contributed by atoms with Crippen molar-refractivity contribution in [2.75, 3.05) is 6.54 Å². The van der Waals surface area contributed by atoms with Gasteiger partial charge in [-0.2, -0.15) is 0 Å². The Kier molecular flexibility index (Phi) is 9.27. The molecule has 0 atom stereocenters. The average molecular weight is 417 g/mol. The summed E-state index contributed by atoms with van der Waals surface area (Å²) < 4.78 is 6.07. The van der Waals surface area contributed by atoms with Crippen LogP contribution in [0.4, 0.5) is 0 Å². The van der Waals surface area contributed by atoms with Gasteiger partial charge in [0.1, 0.15) is 5.75 Å². The van der Waals surface area contributed by atoms with Gasteiger partial charge in [-0.15, -0.1) is 24.0 Å². The molecule has 0 bridgehead atoms. The maximum Gasteiger partial charge on any atom is 0.188 e. The van der Waals surface area contributed by atoms with Crippen molar-refractivity contribution in [2.24, 2.45) is 10.7 Å². The molecule has 1 aromatic carbocycles. The van der Waals surface area contributed by atoms with E-state index in [-0.39, 0.29) is 24.0 Å². The van der Waals surface area contributed by atoms with E-state index in [0.717, 1.165) is 24.3 Å². The van der Waals surface area contributed by atoms with E-state index in [1.165, 1.54) is 32.1 Å². The van der Waals surface area contributed by atoms with Gasteiger partial charge in [-0.05, 0) is 49.8 Å². The Morgan fingerprint density at radius 1 is 1.32 bits per heavy atom. The topological polar surface area (TPSA) is 59.6 Å². The van der Waals surface area contributed by atoms with Gasteiger partial charge in [-0.25, -0.2) is 4.99 Å². The summed E-state index contributed by atoms with van der Waals surface area (Å²) in [4.78, 5) is 4.35. The highest BCUT2D eigenvalue weighted by Gasteiger charge is 2.14. The molecule has 4 nitrogen and oxygen atoms in total. The highest BCUT2D eigenvalue weighted by molar-refractivity contribution is 14.0. The van der Waals surface area contributed by atoms with Crippen molar-refractivity contribution in [1.82, 2.24) is 5.32 Å². The summed E-state index contributed by atoms with van der Waals surface area (Å²) >= 11 is 0. The number of guanidine groups is 1. The van der Waals surface area contributed by atoms with Gasteiger partial charge in [0.25, 0.3) is 0 Å². The van der Waals surface area contributed by atoms with Gasteiger partial charge in [0, 0.05) is 6.54 Å². The third-order valence-corrected chi connectivity index (χ3v) is 3.74. The number of aliphatic imine (C=N–C) groups is 1. The summed E-state index contributed by atoms with van der Waals surface area (Å²) in [6.45, 7) is 3.55. The Morgan fingerprint density at radius 3 is 2.82 bits per heavy atom. The van der Waals surface area contributed by atoms with Crippen molar-refractivity contribution in [3.63, 3.8) is 0 Å². The van der Waals surface area contributed by atoms with E-state index in [0.29, 0.717) is 18.6 Å². The van der Waals surface area contributed by atoms with Gasteiger partial charge in [0.15, 0.2) is 5.96 Å². The molecule has 1 aliphatic rings. The fourth-order valence-electron chi connectivity index (χ4n) is 2.58. The molecular formula is C17H28IN3O. The maximum absolute atomic E-state index is 6.07. The van der Waals surface area contributed by atoms with Crippen LogP contribution >= 0.6 is 24.0 Å². The van der Waals surface area contributed by atoms with Gasteiger partial charge in [-0.3, -0.25) is 0 Å². The molecule has 1 aliphatic carbocycles. The number of hydrogen-bond donors (Lipinski definition) is 2. The van der Waals surface area contributed by atoms with Gasteiger partial charge in [0.05, 0.1) is 12.6 Å². The lowest BCUT2D eigenvalue weighted by atomic mass is 9.98. The number of nitrogens with two attached hydrogens (primary N) is 1. The summed E-state index contributed by atoms with van der Waals surface area (Å²) in [5.74, 6) is 1.46. The zero-order valence-corrected chi connectivity index (χ0v) is 15.7. The first kappa shape index (κ1) is 19.1. The van der Waals surface area contributed by atoms with Gasteiger partial charge in [-0.1, -0.05) is 25.5 Å². The molecule has 1 saturated carbocycles. The van der Waals surface area contributed by atoms with Crippen LogP contribution < -0.4 is 15.8 Å². The lowest BCUT2D eigenvalue weighted by molar-refractivity contribution is 0.155. The monoisotopic (exact) mass is 417 g/mol. The van der Waals surface area contributed by atoms with E-state index >= 15 is 0 Å². The zero-order valence-electron chi connectivity index (χ0n) is 13.4. The summed E-state index contributed by atoms with van der Waals surface area (Å²) in [5, 5.41) is 3.08. The van der Waals surface area contributed by atoms with Crippen molar-refractivity contribution in [3.8, 4) is 5.75 Å². The number of nitrogens with one attached hydrogen (secondary N) is 1. The minimum absolute atomic E-state index is 0. The van der Waals surface area contributed by atoms with Gasteiger partial charge < -0.3 is 15.8 Å². The fourth-order valence-corrected chi connectivity index (χ4v) is 2.58. The Labute approximate surface area is 150 Å². The second-order valence-electron chi connectivity index (χ2n) is 5.65. The minimum Gasteiger partial charge on any atom is -0.490 e. The predicted molar refractivity (Wildman–Crippen MR) is 103 cm³/mol. The zero-order chi connectivity index (χ0) is 14.9. The molecule has 0 unspecified atom stereocenters. The Hall–Kier alpha value is -0.980. The third-order valence-electron chi connectivity index (χ3n) is 3.74. The highest BCUT2D eigenvalue weighted by atomic mass is 127. The Balaban J connectivity index is 0.00000242. The van der Waals surface area contributed by atoms with Crippen LogP contribution in [0.25, 0.3) is 0 Å². The van der Waals surface area contributed by atoms with Crippen LogP contribution in [0, 0.1) is 0 Å². The van der Waals surface area contributed by atoms with E-state index < -0.39 is 0 Å². The molecule has 2 rings (SSSR count). The van der Waals surface area contributed by atoms with Crippen molar-refractivity contribution < 1.29 is 4.74 Å². The molecule has 0 spiro atoms. The molecule has 0 aromatic heterocycles. The van der Waals surface area contributed by atoms with E-state index in [4.69, 9.17) is 10.5 Å². The van der Waals surface area contributed by atoms with Crippen LogP contribution in [0.2, 0.25) is 0 Å². The molecule has 5 heteroatoms. The summed E-state index contributed by atoms with van der Waals surface area (Å²) in [7, 11) is 0. The minimum atomic E-state index is 0.